The Kier molecular flexibility index (Phi) is 9.50. The molecular formula is C17H25NO4. The van der Waals surface area contributed by atoms with Gasteiger partial charge in [0.1, 0.15) is 6.61 Å². The molecule has 0 spiro atoms. The van der Waals surface area contributed by atoms with Crippen molar-refractivity contribution in [3.63, 3.8) is 0 Å². The van der Waals surface area contributed by atoms with Gasteiger partial charge in [-0.25, -0.2) is 4.79 Å². The molecule has 1 N–H and O–H groups in total. The summed E-state index contributed by atoms with van der Waals surface area (Å²) in [4.78, 5) is 22.9. The molecule has 0 heterocycles. The maximum atomic E-state index is 11.4. The lowest BCUT2D eigenvalue weighted by Gasteiger charge is -2.07. The first kappa shape index (κ1) is 18.0. The average Bonchev–Trinajstić information content (AvgIpc) is 2.54. The first-order chi connectivity index (χ1) is 10.7. The second-order valence-corrected chi connectivity index (χ2v) is 5.02. The zero-order valence-corrected chi connectivity index (χ0v) is 13.2. The van der Waals surface area contributed by atoms with Gasteiger partial charge in [0.2, 0.25) is 0 Å². The minimum absolute atomic E-state index is 0.161. The lowest BCUT2D eigenvalue weighted by atomic mass is 10.2. The molecule has 0 saturated carbocycles. The summed E-state index contributed by atoms with van der Waals surface area (Å²) in [6.45, 7) is 3.03. The Labute approximate surface area is 132 Å². The summed E-state index contributed by atoms with van der Waals surface area (Å²) in [7, 11) is 0. The van der Waals surface area contributed by atoms with E-state index >= 15 is 0 Å². The highest BCUT2D eigenvalue weighted by atomic mass is 16.5. The third kappa shape index (κ3) is 9.00. The van der Waals surface area contributed by atoms with Crippen LogP contribution in [-0.4, -0.2) is 25.2 Å². The van der Waals surface area contributed by atoms with Crippen molar-refractivity contribution in [1.82, 2.24) is 5.32 Å². The van der Waals surface area contributed by atoms with Gasteiger partial charge < -0.3 is 14.8 Å². The molecule has 1 amide bonds. The van der Waals surface area contributed by atoms with E-state index in [1.165, 1.54) is 0 Å². The monoisotopic (exact) mass is 307 g/mol. The molecule has 5 nitrogen and oxygen atoms in total. The fraction of sp³-hybridized carbons (Fsp3) is 0.529. The van der Waals surface area contributed by atoms with Crippen molar-refractivity contribution in [2.24, 2.45) is 0 Å². The van der Waals surface area contributed by atoms with E-state index < -0.39 is 6.09 Å². The molecule has 0 radical (unpaired) electrons. The van der Waals surface area contributed by atoms with Crippen LogP contribution in [0.1, 0.15) is 44.6 Å². The summed E-state index contributed by atoms with van der Waals surface area (Å²) in [6.07, 6.45) is 3.92. The van der Waals surface area contributed by atoms with Crippen molar-refractivity contribution in [3.8, 4) is 0 Å². The van der Waals surface area contributed by atoms with Crippen molar-refractivity contribution in [2.75, 3.05) is 13.2 Å². The minimum Gasteiger partial charge on any atom is -0.466 e. The van der Waals surface area contributed by atoms with Crippen LogP contribution in [0.5, 0.6) is 0 Å². The van der Waals surface area contributed by atoms with Crippen molar-refractivity contribution < 1.29 is 19.1 Å². The lowest BCUT2D eigenvalue weighted by molar-refractivity contribution is -0.143. The van der Waals surface area contributed by atoms with Gasteiger partial charge in [-0.2, -0.15) is 0 Å². The van der Waals surface area contributed by atoms with Crippen LogP contribution in [0.2, 0.25) is 0 Å². The number of alkyl carbamates (subject to hydrolysis) is 1. The molecule has 0 aliphatic heterocycles. The third-order valence-corrected chi connectivity index (χ3v) is 3.07. The van der Waals surface area contributed by atoms with E-state index in [-0.39, 0.29) is 25.5 Å². The number of benzene rings is 1. The first-order valence-corrected chi connectivity index (χ1v) is 7.82. The Morgan fingerprint density at radius 1 is 1.05 bits per heavy atom. The Bertz CT molecular complexity index is 434. The number of carbonyl (C=O) groups is 2. The number of hydrogen-bond donors (Lipinski definition) is 1. The molecule has 22 heavy (non-hydrogen) atoms. The largest absolute Gasteiger partial charge is 0.466 e. The highest BCUT2D eigenvalue weighted by Gasteiger charge is 2.06. The Morgan fingerprint density at radius 2 is 1.82 bits per heavy atom. The number of hydrogen-bond acceptors (Lipinski definition) is 4. The molecule has 0 saturated heterocycles. The van der Waals surface area contributed by atoms with E-state index in [0.29, 0.717) is 6.61 Å². The van der Waals surface area contributed by atoms with Crippen molar-refractivity contribution in [2.45, 2.75) is 45.6 Å². The Morgan fingerprint density at radius 3 is 2.55 bits per heavy atom. The second-order valence-electron chi connectivity index (χ2n) is 5.02. The molecule has 0 fully saturated rings. The smallest absolute Gasteiger partial charge is 0.407 e. The molecule has 0 aliphatic rings. The minimum atomic E-state index is -0.528. The molecule has 0 aliphatic carbocycles. The van der Waals surface area contributed by atoms with E-state index in [9.17, 15) is 9.59 Å². The summed E-state index contributed by atoms with van der Waals surface area (Å²) >= 11 is 0. The molecule has 122 valence electrons. The number of rotatable bonds is 10. The predicted octanol–water partition coefficient (Wildman–Crippen LogP) is 3.43. The summed E-state index contributed by atoms with van der Waals surface area (Å²) in [5, 5.41) is 2.53. The van der Waals surface area contributed by atoms with E-state index in [4.69, 9.17) is 9.47 Å². The fourth-order valence-corrected chi connectivity index (χ4v) is 1.83. The third-order valence-electron chi connectivity index (χ3n) is 3.07. The number of unbranched alkanes of at least 4 members (excludes halogenated alkanes) is 3. The summed E-state index contributed by atoms with van der Waals surface area (Å²) in [6, 6.07) is 9.42. The summed E-state index contributed by atoms with van der Waals surface area (Å²) in [5.74, 6) is -0.292. The van der Waals surface area contributed by atoms with E-state index in [0.717, 1.165) is 31.2 Å². The molecule has 0 unspecified atom stereocenters. The molecule has 1 aromatic rings. The van der Waals surface area contributed by atoms with Crippen LogP contribution < -0.4 is 5.32 Å². The van der Waals surface area contributed by atoms with Crippen LogP contribution in [-0.2, 0) is 20.9 Å². The SMILES string of the molecule is CCCCCCOC(=O)CCNC(=O)OCc1ccccc1. The Balaban J connectivity index is 2.01. The molecule has 1 rings (SSSR count). The molecule has 0 atom stereocenters. The lowest BCUT2D eigenvalue weighted by Crippen LogP contribution is -2.27. The number of carbonyl (C=O) groups excluding carboxylic acids is 2. The zero-order chi connectivity index (χ0) is 16.0. The van der Waals surface area contributed by atoms with Crippen LogP contribution in [0.3, 0.4) is 0 Å². The van der Waals surface area contributed by atoms with Crippen LogP contribution in [0.4, 0.5) is 4.79 Å². The fourth-order valence-electron chi connectivity index (χ4n) is 1.83. The van der Waals surface area contributed by atoms with Gasteiger partial charge in [-0.15, -0.1) is 0 Å². The molecule has 5 heteroatoms. The maximum absolute atomic E-state index is 11.4. The highest BCUT2D eigenvalue weighted by Crippen LogP contribution is 2.01. The van der Waals surface area contributed by atoms with Crippen molar-refractivity contribution in [1.29, 1.82) is 0 Å². The van der Waals surface area contributed by atoms with Gasteiger partial charge in [0.05, 0.1) is 13.0 Å². The summed E-state index contributed by atoms with van der Waals surface area (Å²) in [5.41, 5.74) is 0.920. The van der Waals surface area contributed by atoms with Gasteiger partial charge in [-0.1, -0.05) is 56.5 Å². The number of amides is 1. The summed E-state index contributed by atoms with van der Waals surface area (Å²) < 4.78 is 10.1. The second kappa shape index (κ2) is 11.6. The van der Waals surface area contributed by atoms with Gasteiger partial charge in [-0.3, -0.25) is 4.79 Å². The zero-order valence-electron chi connectivity index (χ0n) is 13.2. The Hall–Kier alpha value is -2.04. The first-order valence-electron chi connectivity index (χ1n) is 7.82. The number of nitrogens with one attached hydrogen (secondary N) is 1. The molecule has 0 bridgehead atoms. The van der Waals surface area contributed by atoms with Crippen molar-refractivity contribution in [3.05, 3.63) is 35.9 Å². The number of ether oxygens (including phenoxy) is 2. The van der Waals surface area contributed by atoms with Crippen LogP contribution >= 0.6 is 0 Å². The molecule has 1 aromatic carbocycles. The number of esters is 1. The normalized spacial score (nSPS) is 10.0. The molecular weight excluding hydrogens is 282 g/mol. The van der Waals surface area contributed by atoms with E-state index in [2.05, 4.69) is 12.2 Å². The van der Waals surface area contributed by atoms with Gasteiger partial charge in [0.15, 0.2) is 0 Å². The quantitative estimate of drug-likeness (QED) is 0.531. The van der Waals surface area contributed by atoms with Crippen LogP contribution in [0, 0.1) is 0 Å². The van der Waals surface area contributed by atoms with E-state index in [1.807, 2.05) is 30.3 Å². The standard InChI is InChI=1S/C17H25NO4/c1-2-3-4-8-13-21-16(19)11-12-18-17(20)22-14-15-9-6-5-7-10-15/h5-7,9-10H,2-4,8,11-14H2,1H3,(H,18,20). The topological polar surface area (TPSA) is 64.6 Å². The van der Waals surface area contributed by atoms with E-state index in [1.54, 1.807) is 0 Å². The molecule has 0 aromatic heterocycles. The van der Waals surface area contributed by atoms with Crippen molar-refractivity contribution >= 4 is 12.1 Å². The maximum Gasteiger partial charge on any atom is 0.407 e. The van der Waals surface area contributed by atoms with Gasteiger partial charge in [-0.05, 0) is 12.0 Å². The van der Waals surface area contributed by atoms with Gasteiger partial charge >= 0.3 is 12.1 Å². The average molecular weight is 307 g/mol. The van der Waals surface area contributed by atoms with Gasteiger partial charge in [0.25, 0.3) is 0 Å². The van der Waals surface area contributed by atoms with Crippen LogP contribution in [0.25, 0.3) is 0 Å². The van der Waals surface area contributed by atoms with Gasteiger partial charge in [0, 0.05) is 6.54 Å². The van der Waals surface area contributed by atoms with Crippen LogP contribution in [0.15, 0.2) is 30.3 Å². The predicted molar refractivity (Wildman–Crippen MR) is 84.3 cm³/mol. The highest BCUT2D eigenvalue weighted by molar-refractivity contribution is 5.71.